The van der Waals surface area contributed by atoms with Gasteiger partial charge in [0.2, 0.25) is 0 Å². The van der Waals surface area contributed by atoms with E-state index in [4.69, 9.17) is 0 Å². The van der Waals surface area contributed by atoms with Crippen molar-refractivity contribution in [1.82, 2.24) is 5.32 Å². The van der Waals surface area contributed by atoms with Crippen molar-refractivity contribution in [2.45, 2.75) is 44.6 Å². The van der Waals surface area contributed by atoms with E-state index >= 15 is 0 Å². The molecule has 4 heteroatoms. The van der Waals surface area contributed by atoms with Crippen LogP contribution in [-0.4, -0.2) is 12.1 Å². The predicted molar refractivity (Wildman–Crippen MR) is 77.8 cm³/mol. The number of halogens is 1. The van der Waals surface area contributed by atoms with E-state index in [0.29, 0.717) is 6.04 Å². The zero-order chi connectivity index (χ0) is 12.8. The minimum Gasteiger partial charge on any atom is -0.335 e. The van der Waals surface area contributed by atoms with Crippen LogP contribution in [-0.2, 0) is 0 Å². The van der Waals surface area contributed by atoms with Gasteiger partial charge in [-0.15, -0.1) is 0 Å². The third-order valence-corrected chi connectivity index (χ3v) is 3.82. The zero-order valence-electron chi connectivity index (χ0n) is 10.4. The van der Waals surface area contributed by atoms with Gasteiger partial charge in [0.25, 0.3) is 0 Å². The smallest absolute Gasteiger partial charge is 0.319 e. The number of urea groups is 1. The molecule has 1 aromatic carbocycles. The molecule has 0 aromatic heterocycles. The van der Waals surface area contributed by atoms with Gasteiger partial charge in [-0.2, -0.15) is 0 Å². The Hall–Kier alpha value is -1.03. The Morgan fingerprint density at radius 1 is 1.06 bits per heavy atom. The fraction of sp³-hybridized carbons (Fsp3) is 0.500. The molecule has 1 aromatic rings. The molecule has 3 nitrogen and oxygen atoms in total. The number of carbonyl (C=O) groups excluding carboxylic acids is 1. The van der Waals surface area contributed by atoms with Gasteiger partial charge in [0.05, 0.1) is 0 Å². The van der Waals surface area contributed by atoms with Crippen molar-refractivity contribution in [2.24, 2.45) is 0 Å². The van der Waals surface area contributed by atoms with Gasteiger partial charge < -0.3 is 10.6 Å². The van der Waals surface area contributed by atoms with E-state index in [1.807, 2.05) is 24.3 Å². The predicted octanol–water partition coefficient (Wildman–Crippen LogP) is 4.29. The summed E-state index contributed by atoms with van der Waals surface area (Å²) in [5, 5.41) is 5.93. The molecule has 1 aliphatic carbocycles. The maximum absolute atomic E-state index is 11.8. The van der Waals surface area contributed by atoms with Crippen LogP contribution in [0.25, 0.3) is 0 Å². The van der Waals surface area contributed by atoms with E-state index in [1.54, 1.807) is 0 Å². The number of hydrogen-bond acceptors (Lipinski definition) is 1. The van der Waals surface area contributed by atoms with Crippen molar-refractivity contribution in [2.75, 3.05) is 5.32 Å². The van der Waals surface area contributed by atoms with Gasteiger partial charge in [0, 0.05) is 16.2 Å². The lowest BCUT2D eigenvalue weighted by atomic mass is 10.1. The number of amides is 2. The number of nitrogens with one attached hydrogen (secondary N) is 2. The van der Waals surface area contributed by atoms with Crippen LogP contribution in [0.4, 0.5) is 10.5 Å². The quantitative estimate of drug-likeness (QED) is 0.786. The van der Waals surface area contributed by atoms with Gasteiger partial charge in [-0.25, -0.2) is 4.79 Å². The minimum atomic E-state index is -0.0933. The highest BCUT2D eigenvalue weighted by atomic mass is 79.9. The molecule has 0 radical (unpaired) electrons. The molecule has 0 saturated heterocycles. The van der Waals surface area contributed by atoms with Gasteiger partial charge >= 0.3 is 6.03 Å². The fourth-order valence-corrected chi connectivity index (χ4v) is 2.57. The third-order valence-electron chi connectivity index (χ3n) is 3.29. The second-order valence-electron chi connectivity index (χ2n) is 4.79. The van der Waals surface area contributed by atoms with Crippen LogP contribution in [0.15, 0.2) is 28.7 Å². The fourth-order valence-electron chi connectivity index (χ4n) is 2.31. The number of carbonyl (C=O) groups is 1. The highest BCUT2D eigenvalue weighted by Gasteiger charge is 2.14. The molecule has 0 aliphatic heterocycles. The molecule has 0 atom stereocenters. The maximum Gasteiger partial charge on any atom is 0.319 e. The van der Waals surface area contributed by atoms with E-state index < -0.39 is 0 Å². The van der Waals surface area contributed by atoms with Gasteiger partial charge in [-0.3, -0.25) is 0 Å². The molecule has 1 fully saturated rings. The molecule has 18 heavy (non-hydrogen) atoms. The molecule has 0 bridgehead atoms. The summed E-state index contributed by atoms with van der Waals surface area (Å²) in [6, 6.07) is 7.85. The molecule has 0 spiro atoms. The standard InChI is InChI=1S/C14H19BrN2O/c15-11-7-9-13(10-8-11)17-14(18)16-12-5-3-1-2-4-6-12/h7-10,12H,1-6H2,(H2,16,17,18). The lowest BCUT2D eigenvalue weighted by Crippen LogP contribution is -2.37. The molecule has 2 amide bonds. The van der Waals surface area contributed by atoms with Crippen molar-refractivity contribution in [3.63, 3.8) is 0 Å². The Labute approximate surface area is 116 Å². The lowest BCUT2D eigenvalue weighted by Gasteiger charge is -2.16. The largest absolute Gasteiger partial charge is 0.335 e. The summed E-state index contributed by atoms with van der Waals surface area (Å²) in [7, 11) is 0. The number of anilines is 1. The average molecular weight is 311 g/mol. The van der Waals surface area contributed by atoms with Crippen molar-refractivity contribution in [3.05, 3.63) is 28.7 Å². The van der Waals surface area contributed by atoms with Crippen LogP contribution >= 0.6 is 15.9 Å². The highest BCUT2D eigenvalue weighted by Crippen LogP contribution is 2.18. The minimum absolute atomic E-state index is 0.0933. The Morgan fingerprint density at radius 2 is 1.67 bits per heavy atom. The Bertz CT molecular complexity index is 383. The molecule has 2 N–H and O–H groups in total. The van der Waals surface area contributed by atoms with Crippen LogP contribution < -0.4 is 10.6 Å². The first-order chi connectivity index (χ1) is 8.74. The average Bonchev–Trinajstić information content (AvgIpc) is 2.61. The first kappa shape index (κ1) is 13.4. The van der Waals surface area contributed by atoms with Crippen molar-refractivity contribution < 1.29 is 4.79 Å². The summed E-state index contributed by atoms with van der Waals surface area (Å²) < 4.78 is 1.01. The first-order valence-electron chi connectivity index (χ1n) is 6.57. The van der Waals surface area contributed by atoms with Crippen molar-refractivity contribution in [1.29, 1.82) is 0 Å². The normalized spacial score (nSPS) is 16.9. The molecule has 2 rings (SSSR count). The first-order valence-corrected chi connectivity index (χ1v) is 7.36. The number of rotatable bonds is 2. The molecule has 0 unspecified atom stereocenters. The van der Waals surface area contributed by atoms with Gasteiger partial charge in [-0.05, 0) is 37.1 Å². The van der Waals surface area contributed by atoms with Crippen LogP contribution in [0.2, 0.25) is 0 Å². The highest BCUT2D eigenvalue weighted by molar-refractivity contribution is 9.10. The van der Waals surface area contributed by atoms with Crippen molar-refractivity contribution in [3.8, 4) is 0 Å². The van der Waals surface area contributed by atoms with E-state index in [2.05, 4.69) is 26.6 Å². The second-order valence-corrected chi connectivity index (χ2v) is 5.71. The summed E-state index contributed by atoms with van der Waals surface area (Å²) in [5.74, 6) is 0. The molecular weight excluding hydrogens is 292 g/mol. The third kappa shape index (κ3) is 4.33. The van der Waals surface area contributed by atoms with Crippen LogP contribution in [0, 0.1) is 0 Å². The number of benzene rings is 1. The second kappa shape index (κ2) is 6.78. The molecular formula is C14H19BrN2O. The summed E-state index contributed by atoms with van der Waals surface area (Å²) in [4.78, 5) is 11.8. The zero-order valence-corrected chi connectivity index (χ0v) is 12.0. The summed E-state index contributed by atoms with van der Waals surface area (Å²) in [5.41, 5.74) is 0.823. The van der Waals surface area contributed by atoms with E-state index in [-0.39, 0.29) is 6.03 Å². The topological polar surface area (TPSA) is 41.1 Å². The summed E-state index contributed by atoms with van der Waals surface area (Å²) in [6.07, 6.45) is 7.26. The maximum atomic E-state index is 11.8. The van der Waals surface area contributed by atoms with E-state index in [9.17, 15) is 4.79 Å². The SMILES string of the molecule is O=C(Nc1ccc(Br)cc1)NC1CCCCCC1. The number of hydrogen-bond donors (Lipinski definition) is 2. The summed E-state index contributed by atoms with van der Waals surface area (Å²) >= 11 is 3.37. The Balaban J connectivity index is 1.82. The van der Waals surface area contributed by atoms with Gasteiger partial charge in [0.1, 0.15) is 0 Å². The van der Waals surface area contributed by atoms with Gasteiger partial charge in [-0.1, -0.05) is 41.6 Å². The van der Waals surface area contributed by atoms with Crippen LogP contribution in [0.1, 0.15) is 38.5 Å². The van der Waals surface area contributed by atoms with E-state index in [1.165, 1.54) is 25.7 Å². The monoisotopic (exact) mass is 310 g/mol. The molecule has 0 heterocycles. The van der Waals surface area contributed by atoms with E-state index in [0.717, 1.165) is 23.0 Å². The van der Waals surface area contributed by atoms with Crippen molar-refractivity contribution >= 4 is 27.6 Å². The van der Waals surface area contributed by atoms with Gasteiger partial charge in [0.15, 0.2) is 0 Å². The summed E-state index contributed by atoms with van der Waals surface area (Å²) in [6.45, 7) is 0. The molecule has 1 aliphatic rings. The Morgan fingerprint density at radius 3 is 2.28 bits per heavy atom. The lowest BCUT2D eigenvalue weighted by molar-refractivity contribution is 0.247. The van der Waals surface area contributed by atoms with Crippen LogP contribution in [0.3, 0.4) is 0 Å². The Kier molecular flexibility index (Phi) is 5.05. The van der Waals surface area contributed by atoms with Crippen LogP contribution in [0.5, 0.6) is 0 Å². The molecule has 1 saturated carbocycles. The molecule has 98 valence electrons.